The number of unbranched alkanes of at least 4 members (excludes halogenated alkanes) is 1. The summed E-state index contributed by atoms with van der Waals surface area (Å²) in [6, 6.07) is 0. The molecule has 0 aromatic rings. The fraction of sp³-hybridized carbons (Fsp3) is 1.00. The first-order valence-electron chi connectivity index (χ1n) is 3.40. The van der Waals surface area contributed by atoms with E-state index >= 15 is 0 Å². The molecule has 56 valence electrons. The SMILES string of the molecule is CO[C@H](C)CCCCCl. The molecule has 0 fully saturated rings. The molecule has 0 saturated carbocycles. The minimum absolute atomic E-state index is 0.396. The third-order valence-electron chi connectivity index (χ3n) is 1.40. The molecule has 0 saturated heterocycles. The van der Waals surface area contributed by atoms with Crippen molar-refractivity contribution >= 4 is 11.6 Å². The van der Waals surface area contributed by atoms with Crippen LogP contribution in [0, 0.1) is 0 Å². The highest BCUT2D eigenvalue weighted by atomic mass is 35.5. The van der Waals surface area contributed by atoms with Gasteiger partial charge in [-0.2, -0.15) is 0 Å². The van der Waals surface area contributed by atoms with Crippen molar-refractivity contribution in [3.8, 4) is 0 Å². The van der Waals surface area contributed by atoms with E-state index in [2.05, 4.69) is 6.92 Å². The van der Waals surface area contributed by atoms with Crippen LogP contribution < -0.4 is 0 Å². The topological polar surface area (TPSA) is 9.23 Å². The Bertz CT molecular complexity index is 56.9. The number of methoxy groups -OCH3 is 1. The molecular weight excluding hydrogens is 136 g/mol. The first kappa shape index (κ1) is 9.25. The molecule has 0 amide bonds. The molecule has 0 aromatic carbocycles. The van der Waals surface area contributed by atoms with Gasteiger partial charge in [0.25, 0.3) is 0 Å². The predicted octanol–water partition coefficient (Wildman–Crippen LogP) is 2.43. The molecule has 2 heteroatoms. The smallest absolute Gasteiger partial charge is 0.0543 e. The molecule has 0 rings (SSSR count). The van der Waals surface area contributed by atoms with Gasteiger partial charge in [-0.25, -0.2) is 0 Å². The zero-order valence-electron chi connectivity index (χ0n) is 6.19. The molecule has 0 aliphatic rings. The van der Waals surface area contributed by atoms with Gasteiger partial charge in [-0.1, -0.05) is 0 Å². The molecule has 0 N–H and O–H groups in total. The highest BCUT2D eigenvalue weighted by Crippen LogP contribution is 2.03. The second kappa shape index (κ2) is 6.37. The quantitative estimate of drug-likeness (QED) is 0.432. The van der Waals surface area contributed by atoms with Crippen molar-refractivity contribution in [2.45, 2.75) is 32.3 Å². The lowest BCUT2D eigenvalue weighted by Crippen LogP contribution is -2.03. The highest BCUT2D eigenvalue weighted by Gasteiger charge is 1.96. The summed E-state index contributed by atoms with van der Waals surface area (Å²) >= 11 is 5.49. The van der Waals surface area contributed by atoms with Crippen LogP contribution in [0.15, 0.2) is 0 Å². The van der Waals surface area contributed by atoms with Crippen molar-refractivity contribution in [3.63, 3.8) is 0 Å². The van der Waals surface area contributed by atoms with Gasteiger partial charge in [0.05, 0.1) is 6.10 Å². The summed E-state index contributed by atoms with van der Waals surface area (Å²) in [5.41, 5.74) is 0. The number of hydrogen-bond acceptors (Lipinski definition) is 1. The van der Waals surface area contributed by atoms with Crippen molar-refractivity contribution in [2.75, 3.05) is 13.0 Å². The largest absolute Gasteiger partial charge is 0.382 e. The van der Waals surface area contributed by atoms with Crippen LogP contribution in [0.1, 0.15) is 26.2 Å². The molecule has 0 heterocycles. The van der Waals surface area contributed by atoms with E-state index < -0.39 is 0 Å². The first-order chi connectivity index (χ1) is 4.31. The number of alkyl halides is 1. The fourth-order valence-corrected chi connectivity index (χ4v) is 0.833. The monoisotopic (exact) mass is 150 g/mol. The van der Waals surface area contributed by atoms with E-state index in [1.54, 1.807) is 7.11 Å². The van der Waals surface area contributed by atoms with E-state index in [4.69, 9.17) is 16.3 Å². The van der Waals surface area contributed by atoms with Gasteiger partial charge in [0.2, 0.25) is 0 Å². The number of rotatable bonds is 5. The third-order valence-corrected chi connectivity index (χ3v) is 1.66. The minimum Gasteiger partial charge on any atom is -0.382 e. The summed E-state index contributed by atoms with van der Waals surface area (Å²) < 4.78 is 5.05. The van der Waals surface area contributed by atoms with Crippen molar-refractivity contribution in [1.29, 1.82) is 0 Å². The van der Waals surface area contributed by atoms with Gasteiger partial charge < -0.3 is 4.74 Å². The van der Waals surface area contributed by atoms with E-state index in [-0.39, 0.29) is 0 Å². The Morgan fingerprint density at radius 2 is 2.11 bits per heavy atom. The van der Waals surface area contributed by atoms with Crippen molar-refractivity contribution < 1.29 is 4.74 Å². The number of hydrogen-bond donors (Lipinski definition) is 0. The number of halogens is 1. The molecule has 0 spiro atoms. The average Bonchev–Trinajstić information content (AvgIpc) is 1.89. The maximum Gasteiger partial charge on any atom is 0.0543 e. The molecule has 0 aliphatic heterocycles. The van der Waals surface area contributed by atoms with Crippen LogP contribution in [-0.2, 0) is 4.74 Å². The van der Waals surface area contributed by atoms with Crippen LogP contribution in [0.25, 0.3) is 0 Å². The Kier molecular flexibility index (Phi) is 6.55. The van der Waals surface area contributed by atoms with Gasteiger partial charge >= 0.3 is 0 Å². The zero-order valence-corrected chi connectivity index (χ0v) is 6.95. The maximum absolute atomic E-state index is 5.49. The van der Waals surface area contributed by atoms with Gasteiger partial charge in [-0.15, -0.1) is 11.6 Å². The molecule has 1 atom stereocenters. The van der Waals surface area contributed by atoms with Gasteiger partial charge in [-0.3, -0.25) is 0 Å². The Morgan fingerprint density at radius 1 is 1.44 bits per heavy atom. The summed E-state index contributed by atoms with van der Waals surface area (Å²) in [4.78, 5) is 0. The molecule has 0 radical (unpaired) electrons. The van der Waals surface area contributed by atoms with Crippen LogP contribution in [-0.4, -0.2) is 19.1 Å². The molecule has 0 bridgehead atoms. The van der Waals surface area contributed by atoms with Crippen molar-refractivity contribution in [3.05, 3.63) is 0 Å². The zero-order chi connectivity index (χ0) is 7.11. The van der Waals surface area contributed by atoms with Crippen molar-refractivity contribution in [2.24, 2.45) is 0 Å². The molecular formula is C7H15ClO. The maximum atomic E-state index is 5.49. The van der Waals surface area contributed by atoms with Gasteiger partial charge in [0.15, 0.2) is 0 Å². The van der Waals surface area contributed by atoms with E-state index in [1.807, 2.05) is 0 Å². The van der Waals surface area contributed by atoms with Crippen LogP contribution in [0.3, 0.4) is 0 Å². The lowest BCUT2D eigenvalue weighted by atomic mass is 10.2. The summed E-state index contributed by atoms with van der Waals surface area (Å²) in [6.07, 6.45) is 3.81. The first-order valence-corrected chi connectivity index (χ1v) is 3.93. The third kappa shape index (κ3) is 6.13. The second-order valence-electron chi connectivity index (χ2n) is 2.23. The molecule has 0 aromatic heterocycles. The summed E-state index contributed by atoms with van der Waals surface area (Å²) in [6.45, 7) is 2.08. The van der Waals surface area contributed by atoms with E-state index in [0.717, 1.165) is 18.7 Å². The van der Waals surface area contributed by atoms with Crippen LogP contribution >= 0.6 is 11.6 Å². The Balaban J connectivity index is 2.88. The van der Waals surface area contributed by atoms with E-state index in [1.165, 1.54) is 6.42 Å². The summed E-state index contributed by atoms with van der Waals surface area (Å²) in [5.74, 6) is 0.774. The normalized spacial score (nSPS) is 13.7. The molecule has 1 nitrogen and oxygen atoms in total. The lowest BCUT2D eigenvalue weighted by molar-refractivity contribution is 0.109. The Hall–Kier alpha value is 0.250. The molecule has 9 heavy (non-hydrogen) atoms. The summed E-state index contributed by atoms with van der Waals surface area (Å²) in [7, 11) is 1.74. The highest BCUT2D eigenvalue weighted by molar-refractivity contribution is 6.17. The fourth-order valence-electron chi connectivity index (χ4n) is 0.644. The summed E-state index contributed by atoms with van der Waals surface area (Å²) in [5, 5.41) is 0. The Morgan fingerprint density at radius 3 is 2.56 bits per heavy atom. The lowest BCUT2D eigenvalue weighted by Gasteiger charge is -2.06. The van der Waals surface area contributed by atoms with Crippen LogP contribution in [0.5, 0.6) is 0 Å². The minimum atomic E-state index is 0.396. The van der Waals surface area contributed by atoms with Gasteiger partial charge in [-0.05, 0) is 26.2 Å². The van der Waals surface area contributed by atoms with Crippen molar-refractivity contribution in [1.82, 2.24) is 0 Å². The molecule has 0 unspecified atom stereocenters. The van der Waals surface area contributed by atoms with Gasteiger partial charge in [0.1, 0.15) is 0 Å². The second-order valence-corrected chi connectivity index (χ2v) is 2.61. The van der Waals surface area contributed by atoms with Crippen LogP contribution in [0.4, 0.5) is 0 Å². The Labute approximate surface area is 62.3 Å². The average molecular weight is 151 g/mol. The van der Waals surface area contributed by atoms with Gasteiger partial charge in [0, 0.05) is 13.0 Å². The molecule has 0 aliphatic carbocycles. The number of ether oxygens (including phenoxy) is 1. The van der Waals surface area contributed by atoms with E-state index in [9.17, 15) is 0 Å². The standard InChI is InChI=1S/C7H15ClO/c1-7(9-2)5-3-4-6-8/h7H,3-6H2,1-2H3/t7-/m1/s1. The predicted molar refractivity (Wildman–Crippen MR) is 41.0 cm³/mol. The van der Waals surface area contributed by atoms with E-state index in [0.29, 0.717) is 6.10 Å². The van der Waals surface area contributed by atoms with Crippen LogP contribution in [0.2, 0.25) is 0 Å².